The summed E-state index contributed by atoms with van der Waals surface area (Å²) in [6.07, 6.45) is 5.90. The predicted octanol–water partition coefficient (Wildman–Crippen LogP) is 2.78. The molecule has 162 valence electrons. The molecule has 0 bridgehead atoms. The van der Waals surface area contributed by atoms with Crippen LogP contribution in [0.3, 0.4) is 0 Å². The lowest BCUT2D eigenvalue weighted by Crippen LogP contribution is -2.30. The Morgan fingerprint density at radius 1 is 1.13 bits per heavy atom. The summed E-state index contributed by atoms with van der Waals surface area (Å²) in [6.45, 7) is 3.25. The largest absolute Gasteiger partial charge is 0.391 e. The highest BCUT2D eigenvalue weighted by Crippen LogP contribution is 2.33. The first kappa shape index (κ1) is 19.8. The van der Waals surface area contributed by atoms with Crippen LogP contribution in [0.25, 0.3) is 10.9 Å². The normalized spacial score (nSPS) is 19.2. The molecule has 0 radical (unpaired) electrons. The molecule has 0 spiro atoms. The van der Waals surface area contributed by atoms with Gasteiger partial charge in [-0.05, 0) is 49.9 Å². The van der Waals surface area contributed by atoms with Gasteiger partial charge in [0.1, 0.15) is 11.5 Å². The number of carbonyl (C=O) groups is 1. The third-order valence-corrected chi connectivity index (χ3v) is 6.14. The molecule has 0 aliphatic carbocycles. The second-order valence-corrected chi connectivity index (χ2v) is 8.50. The molecule has 8 nitrogen and oxygen atoms in total. The van der Waals surface area contributed by atoms with E-state index in [0.29, 0.717) is 12.2 Å². The average Bonchev–Trinajstić information content (AvgIpc) is 3.38. The molecule has 2 aliphatic rings. The summed E-state index contributed by atoms with van der Waals surface area (Å²) in [5.74, 6) is 0.492. The molecule has 1 amide bonds. The van der Waals surface area contributed by atoms with Gasteiger partial charge in [-0.15, -0.1) is 0 Å². The van der Waals surface area contributed by atoms with E-state index < -0.39 is 0 Å². The van der Waals surface area contributed by atoms with Crippen molar-refractivity contribution in [2.45, 2.75) is 31.8 Å². The second-order valence-electron chi connectivity index (χ2n) is 8.50. The summed E-state index contributed by atoms with van der Waals surface area (Å²) in [6, 6.07) is 9.54. The average molecular weight is 421 g/mol. The lowest BCUT2D eigenvalue weighted by Gasteiger charge is -2.30. The quantitative estimate of drug-likeness (QED) is 0.675. The molecule has 2 aromatic heterocycles. The summed E-state index contributed by atoms with van der Waals surface area (Å²) >= 11 is 0. The molecule has 2 aliphatic heterocycles. The minimum absolute atomic E-state index is 0.233. The van der Waals surface area contributed by atoms with Gasteiger partial charge in [-0.25, -0.2) is 4.98 Å². The van der Waals surface area contributed by atoms with E-state index in [1.165, 1.54) is 6.42 Å². The summed E-state index contributed by atoms with van der Waals surface area (Å²) in [5.41, 5.74) is 3.10. The number of rotatable bonds is 4. The number of aliphatic hydroxyl groups excluding tert-OH is 1. The predicted molar refractivity (Wildman–Crippen MR) is 122 cm³/mol. The Labute approximate surface area is 181 Å². The van der Waals surface area contributed by atoms with Gasteiger partial charge < -0.3 is 20.2 Å². The van der Waals surface area contributed by atoms with Crippen LogP contribution < -0.4 is 15.1 Å². The van der Waals surface area contributed by atoms with Crippen molar-refractivity contribution in [3.05, 3.63) is 42.2 Å². The number of aliphatic hydroxyl groups is 1. The Hall–Kier alpha value is -3.13. The first-order chi connectivity index (χ1) is 15.1. The number of piperidine rings is 1. The molecular weight excluding hydrogens is 392 g/mol. The highest BCUT2D eigenvalue weighted by Gasteiger charge is 2.23. The fraction of sp³-hybridized carbons (Fsp3) is 0.435. The molecule has 2 fully saturated rings. The van der Waals surface area contributed by atoms with Crippen molar-refractivity contribution in [2.24, 2.45) is 7.05 Å². The first-order valence-electron chi connectivity index (χ1n) is 11.0. The van der Waals surface area contributed by atoms with Gasteiger partial charge in [0.05, 0.1) is 23.0 Å². The van der Waals surface area contributed by atoms with E-state index in [0.717, 1.165) is 67.0 Å². The monoisotopic (exact) mass is 420 g/mol. The van der Waals surface area contributed by atoms with E-state index in [1.807, 2.05) is 36.3 Å². The summed E-state index contributed by atoms with van der Waals surface area (Å²) < 4.78 is 1.80. The smallest absolute Gasteiger partial charge is 0.274 e. The fourth-order valence-electron chi connectivity index (χ4n) is 4.54. The third-order valence-electron chi connectivity index (χ3n) is 6.14. The van der Waals surface area contributed by atoms with Crippen LogP contribution in [0.5, 0.6) is 0 Å². The van der Waals surface area contributed by atoms with E-state index in [-0.39, 0.29) is 12.0 Å². The molecular formula is C23H28N6O2. The van der Waals surface area contributed by atoms with Gasteiger partial charge in [-0.1, -0.05) is 6.07 Å². The Morgan fingerprint density at radius 3 is 2.74 bits per heavy atom. The van der Waals surface area contributed by atoms with Crippen LogP contribution in [-0.4, -0.2) is 58.1 Å². The SMILES string of the molecule is Cn1cc2cc(NC(=O)c3cccc(N4CCC(O)C4)n3)c(N3CCCCC3)cc2n1. The van der Waals surface area contributed by atoms with Gasteiger partial charge in [-0.2, -0.15) is 5.10 Å². The Morgan fingerprint density at radius 2 is 1.97 bits per heavy atom. The van der Waals surface area contributed by atoms with Crippen LogP contribution in [0.1, 0.15) is 36.2 Å². The standard InChI is InChI=1S/C23H28N6O2/c1-27-14-16-12-20(21(13-19(16)26-27)28-9-3-2-4-10-28)25-23(31)18-6-5-7-22(24-18)29-11-8-17(30)15-29/h5-7,12-14,17,30H,2-4,8-11,15H2,1H3,(H,25,31). The number of aryl methyl sites for hydroxylation is 1. The number of carbonyl (C=O) groups excluding carboxylic acids is 1. The minimum atomic E-state index is -0.336. The van der Waals surface area contributed by atoms with Crippen LogP contribution in [-0.2, 0) is 7.05 Å². The molecule has 8 heteroatoms. The maximum atomic E-state index is 13.1. The summed E-state index contributed by atoms with van der Waals surface area (Å²) in [5, 5.41) is 18.5. The van der Waals surface area contributed by atoms with Crippen molar-refractivity contribution in [1.82, 2.24) is 14.8 Å². The van der Waals surface area contributed by atoms with Gasteiger partial charge in [0.2, 0.25) is 0 Å². The lowest BCUT2D eigenvalue weighted by atomic mass is 10.1. The highest BCUT2D eigenvalue weighted by molar-refractivity contribution is 6.06. The zero-order valence-corrected chi connectivity index (χ0v) is 17.8. The minimum Gasteiger partial charge on any atom is -0.391 e. The number of fused-ring (bicyclic) bond motifs is 1. The number of hydrogen-bond acceptors (Lipinski definition) is 6. The number of nitrogens with one attached hydrogen (secondary N) is 1. The number of benzene rings is 1. The van der Waals surface area contributed by atoms with Crippen LogP contribution in [0.4, 0.5) is 17.2 Å². The molecule has 31 heavy (non-hydrogen) atoms. The molecule has 1 atom stereocenters. The van der Waals surface area contributed by atoms with E-state index in [9.17, 15) is 9.90 Å². The van der Waals surface area contributed by atoms with E-state index in [1.54, 1.807) is 10.7 Å². The second kappa shape index (κ2) is 8.19. The number of amides is 1. The molecule has 3 aromatic rings. The van der Waals surface area contributed by atoms with Crippen molar-refractivity contribution in [1.29, 1.82) is 0 Å². The zero-order valence-electron chi connectivity index (χ0n) is 17.8. The van der Waals surface area contributed by atoms with Crippen LogP contribution in [0.15, 0.2) is 36.5 Å². The Kier molecular flexibility index (Phi) is 5.23. The third kappa shape index (κ3) is 4.07. The van der Waals surface area contributed by atoms with Crippen molar-refractivity contribution in [3.8, 4) is 0 Å². The summed E-state index contributed by atoms with van der Waals surface area (Å²) in [7, 11) is 1.91. The van der Waals surface area contributed by atoms with Crippen molar-refractivity contribution in [3.63, 3.8) is 0 Å². The molecule has 5 rings (SSSR count). The van der Waals surface area contributed by atoms with Crippen molar-refractivity contribution in [2.75, 3.05) is 41.3 Å². The van der Waals surface area contributed by atoms with Gasteiger partial charge >= 0.3 is 0 Å². The Bertz CT molecular complexity index is 1100. The number of aromatic nitrogens is 3. The summed E-state index contributed by atoms with van der Waals surface area (Å²) in [4.78, 5) is 22.1. The van der Waals surface area contributed by atoms with Crippen LogP contribution >= 0.6 is 0 Å². The van der Waals surface area contributed by atoms with Gasteiger partial charge in [0.25, 0.3) is 5.91 Å². The van der Waals surface area contributed by atoms with Gasteiger partial charge in [-0.3, -0.25) is 9.48 Å². The van der Waals surface area contributed by atoms with Crippen molar-refractivity contribution >= 4 is 34.0 Å². The number of pyridine rings is 1. The number of anilines is 3. The lowest BCUT2D eigenvalue weighted by molar-refractivity contribution is 0.102. The number of nitrogens with zero attached hydrogens (tertiary/aromatic N) is 5. The van der Waals surface area contributed by atoms with Crippen LogP contribution in [0, 0.1) is 0 Å². The van der Waals surface area contributed by atoms with Gasteiger partial charge in [0.15, 0.2) is 0 Å². The molecule has 4 heterocycles. The maximum absolute atomic E-state index is 13.1. The molecule has 2 saturated heterocycles. The highest BCUT2D eigenvalue weighted by atomic mass is 16.3. The zero-order chi connectivity index (χ0) is 21.4. The van der Waals surface area contributed by atoms with Crippen LogP contribution in [0.2, 0.25) is 0 Å². The topological polar surface area (TPSA) is 86.5 Å². The molecule has 0 saturated carbocycles. The fourth-order valence-corrected chi connectivity index (χ4v) is 4.54. The number of hydrogen-bond donors (Lipinski definition) is 2. The number of β-amino-alcohol motifs (C(OH)–C–C–N with tert-alkyl or cyclic N) is 1. The van der Waals surface area contributed by atoms with E-state index in [2.05, 4.69) is 26.4 Å². The van der Waals surface area contributed by atoms with Gasteiger partial charge in [0, 0.05) is 44.8 Å². The van der Waals surface area contributed by atoms with E-state index >= 15 is 0 Å². The maximum Gasteiger partial charge on any atom is 0.274 e. The van der Waals surface area contributed by atoms with Crippen molar-refractivity contribution < 1.29 is 9.90 Å². The van der Waals surface area contributed by atoms with E-state index in [4.69, 9.17) is 0 Å². The molecule has 1 aromatic carbocycles. The Balaban J connectivity index is 1.44. The molecule has 2 N–H and O–H groups in total. The molecule has 1 unspecified atom stereocenters. The first-order valence-corrected chi connectivity index (χ1v) is 11.0.